The molecule has 0 bridgehead atoms. The fraction of sp³-hybridized carbons (Fsp3) is 0.973. The summed E-state index contributed by atoms with van der Waals surface area (Å²) >= 11 is 0. The van der Waals surface area contributed by atoms with Gasteiger partial charge in [0.05, 0.1) is 5.92 Å². The molecule has 7 nitrogen and oxygen atoms in total. The summed E-state index contributed by atoms with van der Waals surface area (Å²) in [6, 6.07) is 0.984. The predicted molar refractivity (Wildman–Crippen MR) is 186 cm³/mol. The molecule has 3 fully saturated rings. The van der Waals surface area contributed by atoms with Crippen LogP contribution < -0.4 is 21.3 Å². The Morgan fingerprint density at radius 2 is 1.16 bits per heavy atom. The molecule has 0 aliphatic carbocycles. The third-order valence-corrected chi connectivity index (χ3v) is 11.1. The zero-order chi connectivity index (χ0) is 33.4. The Morgan fingerprint density at radius 1 is 0.727 bits per heavy atom. The maximum atomic E-state index is 13.7. The summed E-state index contributed by atoms with van der Waals surface area (Å²) in [5.74, 6) is 0.115. The lowest BCUT2D eigenvalue weighted by Crippen LogP contribution is -2.62. The van der Waals surface area contributed by atoms with Gasteiger partial charge in [-0.1, -0.05) is 13.3 Å². The number of likely N-dealkylation sites (tertiary alicyclic amines) is 1. The van der Waals surface area contributed by atoms with E-state index in [-0.39, 0.29) is 57.1 Å². The number of nitrogens with zero attached hydrogens (tertiary/aromatic N) is 1. The highest BCUT2D eigenvalue weighted by molar-refractivity contribution is 5.72. The van der Waals surface area contributed by atoms with Crippen LogP contribution in [0.25, 0.3) is 0 Å². The molecule has 0 amide bonds. The average Bonchev–Trinajstić information content (AvgIpc) is 2.79. The van der Waals surface area contributed by atoms with Crippen LogP contribution in [0, 0.1) is 11.8 Å². The molecule has 44 heavy (non-hydrogen) atoms. The van der Waals surface area contributed by atoms with E-state index in [0.29, 0.717) is 12.1 Å². The molecule has 2 atom stereocenters. The average molecular weight is 620 g/mol. The lowest BCUT2D eigenvalue weighted by Gasteiger charge is -2.53. The van der Waals surface area contributed by atoms with Crippen LogP contribution >= 0.6 is 0 Å². The van der Waals surface area contributed by atoms with Gasteiger partial charge in [0.2, 0.25) is 0 Å². The van der Waals surface area contributed by atoms with Gasteiger partial charge in [0.1, 0.15) is 6.10 Å². The minimum Gasteiger partial charge on any atom is -0.462 e. The van der Waals surface area contributed by atoms with Gasteiger partial charge in [-0.15, -0.1) is 0 Å². The van der Waals surface area contributed by atoms with E-state index in [4.69, 9.17) is 4.74 Å². The normalized spacial score (nSPS) is 28.3. The van der Waals surface area contributed by atoms with Crippen molar-refractivity contribution in [2.24, 2.45) is 11.8 Å². The number of esters is 1. The van der Waals surface area contributed by atoms with Crippen molar-refractivity contribution in [1.82, 2.24) is 26.2 Å². The summed E-state index contributed by atoms with van der Waals surface area (Å²) in [6.45, 7) is 31.6. The van der Waals surface area contributed by atoms with Crippen molar-refractivity contribution in [3.63, 3.8) is 0 Å². The zero-order valence-corrected chi connectivity index (χ0v) is 31.4. The number of carbonyl (C=O) groups excluding carboxylic acids is 1. The molecule has 3 heterocycles. The Hall–Kier alpha value is -0.730. The highest BCUT2D eigenvalue weighted by atomic mass is 16.5. The fourth-order valence-corrected chi connectivity index (χ4v) is 9.44. The third-order valence-electron chi connectivity index (χ3n) is 11.1. The minimum absolute atomic E-state index is 0.00264. The number of piperidine rings is 3. The Kier molecular flexibility index (Phi) is 11.8. The van der Waals surface area contributed by atoms with Gasteiger partial charge in [-0.3, -0.25) is 9.69 Å². The highest BCUT2D eigenvalue weighted by Gasteiger charge is 2.45. The van der Waals surface area contributed by atoms with Crippen LogP contribution in [0.4, 0.5) is 0 Å². The minimum atomic E-state index is -0.130. The standard InChI is InChI=1S/C37H73N5O2/c1-26(31(43)44-30-23-36(10,11)42(14)37(12,13)24-30)27(25-39-29-21-34(6,7)41-35(8,9)22-29)17-15-16-18-38-28-19-32(2,3)40-33(4,5)20-28/h26-30,38-41H,15-25H2,1-14H3. The van der Waals surface area contributed by atoms with Gasteiger partial charge >= 0.3 is 5.97 Å². The van der Waals surface area contributed by atoms with Gasteiger partial charge < -0.3 is 26.0 Å². The smallest absolute Gasteiger partial charge is 0.309 e. The van der Waals surface area contributed by atoms with Gasteiger partial charge in [-0.2, -0.15) is 0 Å². The molecule has 0 saturated carbocycles. The van der Waals surface area contributed by atoms with Crippen LogP contribution in [0.5, 0.6) is 0 Å². The summed E-state index contributed by atoms with van der Waals surface area (Å²) in [7, 11) is 2.20. The van der Waals surface area contributed by atoms with Crippen LogP contribution in [0.2, 0.25) is 0 Å². The van der Waals surface area contributed by atoms with Crippen molar-refractivity contribution < 1.29 is 9.53 Å². The first-order valence-electron chi connectivity index (χ1n) is 17.9. The molecular weight excluding hydrogens is 546 g/mol. The van der Waals surface area contributed by atoms with Gasteiger partial charge in [0.25, 0.3) is 0 Å². The second-order valence-corrected chi connectivity index (χ2v) is 19.1. The Morgan fingerprint density at radius 3 is 1.61 bits per heavy atom. The Bertz CT molecular complexity index is 906. The molecule has 0 aromatic rings. The topological polar surface area (TPSA) is 77.7 Å². The largest absolute Gasteiger partial charge is 0.462 e. The number of hydrogen-bond acceptors (Lipinski definition) is 7. The fourth-order valence-electron chi connectivity index (χ4n) is 9.44. The lowest BCUT2D eigenvalue weighted by atomic mass is 9.78. The van der Waals surface area contributed by atoms with Gasteiger partial charge in [0, 0.05) is 58.2 Å². The Labute approximate surface area is 272 Å². The molecule has 2 unspecified atom stereocenters. The predicted octanol–water partition coefficient (Wildman–Crippen LogP) is 6.40. The van der Waals surface area contributed by atoms with E-state index in [1.807, 2.05) is 0 Å². The zero-order valence-electron chi connectivity index (χ0n) is 31.4. The molecule has 3 aliphatic rings. The third kappa shape index (κ3) is 10.9. The molecule has 3 aliphatic heterocycles. The maximum Gasteiger partial charge on any atom is 0.309 e. The van der Waals surface area contributed by atoms with Crippen LogP contribution in [-0.2, 0) is 9.53 Å². The quantitative estimate of drug-likeness (QED) is 0.149. The number of carbonyl (C=O) groups is 1. The molecule has 258 valence electrons. The van der Waals surface area contributed by atoms with Crippen molar-refractivity contribution in [3.8, 4) is 0 Å². The molecule has 0 spiro atoms. The van der Waals surface area contributed by atoms with Crippen LogP contribution in [0.3, 0.4) is 0 Å². The van der Waals surface area contributed by atoms with E-state index >= 15 is 0 Å². The summed E-state index contributed by atoms with van der Waals surface area (Å²) < 4.78 is 6.34. The summed E-state index contributed by atoms with van der Waals surface area (Å²) in [5.41, 5.74) is 0.492. The van der Waals surface area contributed by atoms with Gasteiger partial charge in [0.15, 0.2) is 0 Å². The lowest BCUT2D eigenvalue weighted by molar-refractivity contribution is -0.165. The summed E-state index contributed by atoms with van der Waals surface area (Å²) in [5, 5.41) is 15.4. The first kappa shape index (κ1) is 37.7. The molecule has 4 N–H and O–H groups in total. The van der Waals surface area contributed by atoms with E-state index in [2.05, 4.69) is 123 Å². The first-order chi connectivity index (χ1) is 19.9. The number of ether oxygens (including phenoxy) is 1. The van der Waals surface area contributed by atoms with E-state index in [9.17, 15) is 4.79 Å². The van der Waals surface area contributed by atoms with Crippen molar-refractivity contribution in [2.45, 2.75) is 199 Å². The SMILES string of the molecule is CC(C(=O)OC1CC(C)(C)N(C)C(C)(C)C1)C(CCCCNC1CC(C)(C)NC(C)(C)C1)CNC1CC(C)(C)NC(C)(C)C1. The van der Waals surface area contributed by atoms with E-state index in [0.717, 1.165) is 70.9 Å². The first-order valence-corrected chi connectivity index (χ1v) is 17.9. The number of rotatable bonds is 12. The molecular formula is C37H73N5O2. The maximum absolute atomic E-state index is 13.7. The summed E-state index contributed by atoms with van der Waals surface area (Å²) in [6.07, 6.45) is 9.50. The van der Waals surface area contributed by atoms with Crippen LogP contribution in [0.1, 0.15) is 148 Å². The number of unbranched alkanes of at least 4 members (excludes halogenated alkanes) is 1. The second-order valence-electron chi connectivity index (χ2n) is 19.1. The van der Waals surface area contributed by atoms with E-state index in [1.165, 1.54) is 0 Å². The van der Waals surface area contributed by atoms with Crippen LogP contribution in [-0.4, -0.2) is 82.4 Å². The molecule has 3 rings (SSSR count). The van der Waals surface area contributed by atoms with Gasteiger partial charge in [-0.05, 0) is 148 Å². The second kappa shape index (κ2) is 13.8. The molecule has 3 saturated heterocycles. The van der Waals surface area contributed by atoms with Crippen molar-refractivity contribution >= 4 is 5.97 Å². The van der Waals surface area contributed by atoms with Crippen LogP contribution in [0.15, 0.2) is 0 Å². The van der Waals surface area contributed by atoms with Crippen molar-refractivity contribution in [3.05, 3.63) is 0 Å². The Balaban J connectivity index is 1.60. The highest BCUT2D eigenvalue weighted by Crippen LogP contribution is 2.39. The van der Waals surface area contributed by atoms with E-state index in [1.54, 1.807) is 0 Å². The van der Waals surface area contributed by atoms with Crippen molar-refractivity contribution in [2.75, 3.05) is 20.1 Å². The van der Waals surface area contributed by atoms with E-state index < -0.39 is 0 Å². The number of nitrogens with one attached hydrogen (secondary N) is 4. The summed E-state index contributed by atoms with van der Waals surface area (Å²) in [4.78, 5) is 16.2. The molecule has 7 heteroatoms. The van der Waals surface area contributed by atoms with Crippen molar-refractivity contribution in [1.29, 1.82) is 0 Å². The monoisotopic (exact) mass is 620 g/mol. The van der Waals surface area contributed by atoms with Gasteiger partial charge in [-0.25, -0.2) is 0 Å². The number of hydrogen-bond donors (Lipinski definition) is 4. The molecule has 0 aromatic heterocycles. The molecule has 0 aromatic carbocycles. The molecule has 0 radical (unpaired) electrons.